The Kier molecular flexibility index (Phi) is 11.6. The Bertz CT molecular complexity index is 849. The van der Waals surface area contributed by atoms with Crippen molar-refractivity contribution in [2.24, 2.45) is 11.8 Å². The summed E-state index contributed by atoms with van der Waals surface area (Å²) >= 11 is 6.32. The van der Waals surface area contributed by atoms with Gasteiger partial charge >= 0.3 is 12.1 Å². The number of nitrogens with zero attached hydrogens (tertiary/aromatic N) is 1. The lowest BCUT2D eigenvalue weighted by molar-refractivity contribution is -0.00885. The van der Waals surface area contributed by atoms with Gasteiger partial charge in [-0.3, -0.25) is 0 Å². The molecule has 1 aliphatic heterocycles. The summed E-state index contributed by atoms with van der Waals surface area (Å²) < 4.78 is 6.25. The van der Waals surface area contributed by atoms with Crippen molar-refractivity contribution in [2.75, 3.05) is 39.8 Å². The molecule has 2 aliphatic rings. The molecule has 1 saturated heterocycles. The average molecular weight is 523 g/mol. The summed E-state index contributed by atoms with van der Waals surface area (Å²) in [6.07, 6.45) is 7.94. The van der Waals surface area contributed by atoms with Crippen LogP contribution in [0, 0.1) is 18.8 Å². The van der Waals surface area contributed by atoms with Crippen molar-refractivity contribution in [2.45, 2.75) is 70.4 Å². The maximum Gasteiger partial charge on any atom is 0.404 e. The van der Waals surface area contributed by atoms with E-state index in [-0.39, 0.29) is 37.2 Å². The maximum atomic E-state index is 13.3. The molecule has 2 fully saturated rings. The molecule has 3 rings (SSSR count). The van der Waals surface area contributed by atoms with Crippen LogP contribution in [-0.4, -0.2) is 68.0 Å². The molecule has 0 aromatic heterocycles. The molecule has 0 bridgehead atoms. The zero-order valence-electron chi connectivity index (χ0n) is 21.7. The van der Waals surface area contributed by atoms with Crippen molar-refractivity contribution in [3.8, 4) is 0 Å². The first-order valence-electron chi connectivity index (χ1n) is 13.4. The van der Waals surface area contributed by atoms with Gasteiger partial charge in [0.15, 0.2) is 0 Å². The van der Waals surface area contributed by atoms with E-state index in [0.717, 1.165) is 43.5 Å². The van der Waals surface area contributed by atoms with E-state index in [9.17, 15) is 9.59 Å². The molecule has 1 saturated carbocycles. The highest BCUT2D eigenvalue weighted by molar-refractivity contribution is 6.30. The zero-order chi connectivity index (χ0) is 25.9. The van der Waals surface area contributed by atoms with Crippen LogP contribution >= 0.6 is 11.6 Å². The molecule has 3 amide bonds. The monoisotopic (exact) mass is 522 g/mol. The minimum absolute atomic E-state index is 0.00938. The zero-order valence-corrected chi connectivity index (χ0v) is 22.5. The summed E-state index contributed by atoms with van der Waals surface area (Å²) in [5.41, 5.74) is 2.06. The summed E-state index contributed by atoms with van der Waals surface area (Å²) in [6.45, 7) is 4.55. The van der Waals surface area contributed by atoms with Gasteiger partial charge in [0.1, 0.15) is 0 Å². The van der Waals surface area contributed by atoms with Crippen LogP contribution in [0.25, 0.3) is 0 Å². The number of rotatable bonds is 11. The largest absolute Gasteiger partial charge is 0.465 e. The van der Waals surface area contributed by atoms with Crippen molar-refractivity contribution in [1.82, 2.24) is 20.9 Å². The molecule has 1 aromatic rings. The summed E-state index contributed by atoms with van der Waals surface area (Å²) in [4.78, 5) is 26.1. The van der Waals surface area contributed by atoms with Gasteiger partial charge in [0.05, 0.1) is 12.7 Å². The number of ether oxygens (including phenoxy) is 1. The van der Waals surface area contributed by atoms with Gasteiger partial charge in [-0.05, 0) is 62.4 Å². The number of nitrogens with one attached hydrogen (secondary N) is 3. The Labute approximate surface area is 220 Å². The van der Waals surface area contributed by atoms with Crippen LogP contribution in [-0.2, 0) is 4.74 Å². The third-order valence-electron chi connectivity index (χ3n) is 7.52. The summed E-state index contributed by atoms with van der Waals surface area (Å²) in [5, 5.41) is 18.4. The van der Waals surface area contributed by atoms with Crippen LogP contribution in [0.15, 0.2) is 18.2 Å². The first kappa shape index (κ1) is 28.5. The third-order valence-corrected chi connectivity index (χ3v) is 7.75. The average Bonchev–Trinajstić information content (AvgIpc) is 2.86. The quantitative estimate of drug-likeness (QED) is 0.308. The van der Waals surface area contributed by atoms with E-state index in [4.69, 9.17) is 21.4 Å². The summed E-state index contributed by atoms with van der Waals surface area (Å²) in [5.74, 6) is 0.780. The molecule has 9 heteroatoms. The van der Waals surface area contributed by atoms with E-state index in [1.54, 1.807) is 0 Å². The molecule has 1 aliphatic carbocycles. The number of likely N-dealkylation sites (N-methyl/N-ethyl adjacent to an activating group) is 1. The van der Waals surface area contributed by atoms with Gasteiger partial charge in [0.2, 0.25) is 0 Å². The number of carboxylic acid groups (broad SMARTS) is 1. The second-order valence-corrected chi connectivity index (χ2v) is 10.8. The Morgan fingerprint density at radius 2 is 1.97 bits per heavy atom. The molecular weight excluding hydrogens is 480 g/mol. The van der Waals surface area contributed by atoms with E-state index in [0.29, 0.717) is 17.5 Å². The van der Waals surface area contributed by atoms with Crippen molar-refractivity contribution in [3.63, 3.8) is 0 Å². The molecule has 1 aromatic carbocycles. The number of carbonyl (C=O) groups excluding carboxylic acids is 1. The topological polar surface area (TPSA) is 103 Å². The first-order chi connectivity index (χ1) is 17.4. The van der Waals surface area contributed by atoms with Crippen molar-refractivity contribution in [1.29, 1.82) is 0 Å². The number of aryl methyl sites for hydroxylation is 1. The minimum atomic E-state index is -1.07. The molecule has 202 valence electrons. The Morgan fingerprint density at radius 3 is 2.69 bits per heavy atom. The molecule has 0 spiro atoms. The number of benzene rings is 1. The number of amides is 3. The van der Waals surface area contributed by atoms with E-state index < -0.39 is 6.09 Å². The lowest BCUT2D eigenvalue weighted by atomic mass is 9.84. The molecule has 4 N–H and O–H groups in total. The highest BCUT2D eigenvalue weighted by Gasteiger charge is 2.33. The molecular formula is C27H43ClN4O4. The summed E-state index contributed by atoms with van der Waals surface area (Å²) in [7, 11) is 1.94. The minimum Gasteiger partial charge on any atom is -0.465 e. The van der Waals surface area contributed by atoms with Crippen LogP contribution in [0.4, 0.5) is 9.59 Å². The van der Waals surface area contributed by atoms with Crippen LogP contribution in [0.5, 0.6) is 0 Å². The summed E-state index contributed by atoms with van der Waals surface area (Å²) in [6, 6.07) is 5.88. The lowest BCUT2D eigenvalue weighted by Gasteiger charge is -2.38. The lowest BCUT2D eigenvalue weighted by Crippen LogP contribution is -2.52. The number of urea groups is 1. The standard InChI is InChI=1S/C27H43ClN4O4/c1-19-10-11-22(28)16-24(19)25(36-14-12-30-27(34)35)21-9-6-13-32(18-21)26(33)31-23(17-29-2)15-20-7-4-3-5-8-20/h10-11,16,20-21,23,25,29-30H,3-9,12-15,17-18H2,1-2H3,(H,31,33)(H,34,35). The first-order valence-corrected chi connectivity index (χ1v) is 13.8. The maximum absolute atomic E-state index is 13.3. The SMILES string of the molecule is CNCC(CC1CCCCC1)NC(=O)N1CCCC(C(OCCNC(=O)O)c2cc(Cl)ccc2C)C1. The fourth-order valence-electron chi connectivity index (χ4n) is 5.71. The van der Waals surface area contributed by atoms with Crippen molar-refractivity contribution >= 4 is 23.7 Å². The number of likely N-dealkylation sites (tertiary alicyclic amines) is 1. The highest BCUT2D eigenvalue weighted by Crippen LogP contribution is 2.36. The Balaban J connectivity index is 1.66. The Morgan fingerprint density at radius 1 is 1.19 bits per heavy atom. The third kappa shape index (κ3) is 8.82. The second kappa shape index (κ2) is 14.6. The molecule has 1 heterocycles. The second-order valence-electron chi connectivity index (χ2n) is 10.3. The predicted molar refractivity (Wildman–Crippen MR) is 143 cm³/mol. The number of carbonyl (C=O) groups is 2. The number of hydrogen-bond acceptors (Lipinski definition) is 4. The normalized spacial score (nSPS) is 20.5. The van der Waals surface area contributed by atoms with Crippen LogP contribution < -0.4 is 16.0 Å². The van der Waals surface area contributed by atoms with Crippen molar-refractivity contribution < 1.29 is 19.4 Å². The van der Waals surface area contributed by atoms with Gasteiger partial charge in [-0.25, -0.2) is 9.59 Å². The molecule has 3 unspecified atom stereocenters. The fraction of sp³-hybridized carbons (Fsp3) is 0.704. The number of halogens is 1. The predicted octanol–water partition coefficient (Wildman–Crippen LogP) is 4.95. The highest BCUT2D eigenvalue weighted by atomic mass is 35.5. The molecule has 8 nitrogen and oxygen atoms in total. The molecule has 3 atom stereocenters. The van der Waals surface area contributed by atoms with Crippen LogP contribution in [0.1, 0.15) is 68.6 Å². The number of hydrogen-bond donors (Lipinski definition) is 4. The number of piperidine rings is 1. The van der Waals surface area contributed by atoms with E-state index >= 15 is 0 Å². The smallest absolute Gasteiger partial charge is 0.404 e. The van der Waals surface area contributed by atoms with Gasteiger partial charge in [-0.15, -0.1) is 0 Å². The van der Waals surface area contributed by atoms with Gasteiger partial charge in [0.25, 0.3) is 0 Å². The van der Waals surface area contributed by atoms with E-state index in [1.807, 2.05) is 37.1 Å². The van der Waals surface area contributed by atoms with Crippen LogP contribution in [0.2, 0.25) is 5.02 Å². The Hall–Kier alpha value is -2.03. The van der Waals surface area contributed by atoms with Gasteiger partial charge in [-0.1, -0.05) is 49.8 Å². The van der Waals surface area contributed by atoms with Gasteiger partial charge in [-0.2, -0.15) is 0 Å². The van der Waals surface area contributed by atoms with Crippen LogP contribution in [0.3, 0.4) is 0 Å². The van der Waals surface area contributed by atoms with E-state index in [1.165, 1.54) is 32.1 Å². The van der Waals surface area contributed by atoms with E-state index in [2.05, 4.69) is 16.0 Å². The fourth-order valence-corrected chi connectivity index (χ4v) is 5.89. The van der Waals surface area contributed by atoms with Gasteiger partial charge in [0, 0.05) is 43.2 Å². The van der Waals surface area contributed by atoms with Gasteiger partial charge < -0.3 is 30.7 Å². The molecule has 36 heavy (non-hydrogen) atoms. The molecule has 0 radical (unpaired) electrons. The van der Waals surface area contributed by atoms with Crippen molar-refractivity contribution in [3.05, 3.63) is 34.3 Å².